The maximum absolute atomic E-state index is 4.96. The molecule has 0 atom stereocenters. The molecule has 0 spiro atoms. The minimum Gasteiger partial charge on any atom is -0.246 e. The van der Waals surface area contributed by atoms with Gasteiger partial charge < -0.3 is 0 Å². The maximum Gasteiger partial charge on any atom is 0.0978 e. The molecule has 0 N–H and O–H groups in total. The van der Waals surface area contributed by atoms with Gasteiger partial charge in [-0.05, 0) is 29.7 Å². The summed E-state index contributed by atoms with van der Waals surface area (Å²) >= 11 is 6.00. The standard InChI is InChI=1S/C24H16N2.2BrH.Ni/c1-3-11-18(12-4-1)25-23-20-15-7-9-17-10-8-16-21(22(17)20)24(23)26-19-13-5-2-6-14-19;;;/h1-16H;2*1H;/q;;;+2/p-2. The van der Waals surface area contributed by atoms with Crippen molar-refractivity contribution in [3.63, 3.8) is 0 Å². The van der Waals surface area contributed by atoms with Crippen LogP contribution in [0.5, 0.6) is 0 Å². The Kier molecular flexibility index (Phi) is 6.71. The Labute approximate surface area is 190 Å². The quantitative estimate of drug-likeness (QED) is 0.228. The van der Waals surface area contributed by atoms with Crippen LogP contribution in [0.25, 0.3) is 10.8 Å². The monoisotopic (exact) mass is 548 g/mol. The SMILES string of the molecule is [Br][Ni][Br].c1ccc(N=C2C(=Nc3ccccc3)c3cccc4cccc2c34)cc1. The summed E-state index contributed by atoms with van der Waals surface area (Å²) in [6.07, 6.45) is 0. The predicted octanol–water partition coefficient (Wildman–Crippen LogP) is 7.78. The van der Waals surface area contributed by atoms with Crippen LogP contribution in [0.2, 0.25) is 0 Å². The Bertz CT molecular complexity index is 1100. The van der Waals surface area contributed by atoms with E-state index in [0.717, 1.165) is 33.9 Å². The van der Waals surface area contributed by atoms with Crippen LogP contribution in [0.4, 0.5) is 11.4 Å². The third-order valence-corrected chi connectivity index (χ3v) is 4.63. The number of benzene rings is 4. The molecule has 1 aliphatic carbocycles. The summed E-state index contributed by atoms with van der Waals surface area (Å²) in [6, 6.07) is 32.9. The smallest absolute Gasteiger partial charge is 0.0978 e. The van der Waals surface area contributed by atoms with Crippen molar-refractivity contribution >= 4 is 62.0 Å². The van der Waals surface area contributed by atoms with E-state index in [1.54, 1.807) is 0 Å². The van der Waals surface area contributed by atoms with Gasteiger partial charge in [0.1, 0.15) is 0 Å². The minimum absolute atomic E-state index is 0.937. The average molecular weight is 551 g/mol. The van der Waals surface area contributed by atoms with Gasteiger partial charge in [-0.15, -0.1) is 0 Å². The average Bonchev–Trinajstić information content (AvgIpc) is 3.05. The topological polar surface area (TPSA) is 24.7 Å². The molecule has 0 aromatic heterocycles. The Balaban J connectivity index is 0.000000645. The number of halogens is 2. The molecular weight excluding hydrogens is 535 g/mol. The molecule has 0 amide bonds. The van der Waals surface area contributed by atoms with Crippen molar-refractivity contribution in [3.05, 3.63) is 108 Å². The van der Waals surface area contributed by atoms with Crippen molar-refractivity contribution in [2.75, 3.05) is 0 Å². The maximum atomic E-state index is 4.96. The fourth-order valence-corrected chi connectivity index (χ4v) is 3.48. The van der Waals surface area contributed by atoms with E-state index in [1.807, 2.05) is 60.7 Å². The summed E-state index contributed by atoms with van der Waals surface area (Å²) in [7, 11) is 1.25. The molecule has 4 aromatic rings. The third kappa shape index (κ3) is 4.43. The van der Waals surface area contributed by atoms with Crippen LogP contribution in [0.3, 0.4) is 0 Å². The molecule has 0 unspecified atom stereocenters. The zero-order chi connectivity index (χ0) is 20.1. The molecule has 1 aliphatic rings. The van der Waals surface area contributed by atoms with Crippen molar-refractivity contribution in [2.45, 2.75) is 0 Å². The van der Waals surface area contributed by atoms with E-state index in [2.05, 4.69) is 64.8 Å². The van der Waals surface area contributed by atoms with Crippen molar-refractivity contribution in [1.29, 1.82) is 0 Å². The molecule has 0 bridgehead atoms. The van der Waals surface area contributed by atoms with E-state index in [0.29, 0.717) is 0 Å². The number of aliphatic imine (C=N–C) groups is 2. The van der Waals surface area contributed by atoms with Crippen molar-refractivity contribution < 1.29 is 10.9 Å². The van der Waals surface area contributed by atoms with Crippen LogP contribution in [0.1, 0.15) is 11.1 Å². The number of hydrogen-bond acceptors (Lipinski definition) is 2. The van der Waals surface area contributed by atoms with Crippen molar-refractivity contribution in [3.8, 4) is 0 Å². The molecule has 0 saturated heterocycles. The molecule has 0 saturated carbocycles. The molecule has 2 nitrogen and oxygen atoms in total. The Morgan fingerprint density at radius 2 is 0.931 bits per heavy atom. The zero-order valence-corrected chi connectivity index (χ0v) is 19.4. The first-order chi connectivity index (χ1) is 14.3. The first-order valence-electron chi connectivity index (χ1n) is 8.94. The number of nitrogens with zero attached hydrogens (tertiary/aromatic N) is 2. The molecule has 0 aliphatic heterocycles. The molecule has 5 heteroatoms. The van der Waals surface area contributed by atoms with Gasteiger partial charge in [0.25, 0.3) is 0 Å². The van der Waals surface area contributed by atoms with E-state index in [1.165, 1.54) is 21.7 Å². The minimum atomic E-state index is 0.937. The van der Waals surface area contributed by atoms with Crippen LogP contribution in [-0.4, -0.2) is 11.4 Å². The van der Waals surface area contributed by atoms with Gasteiger partial charge in [-0.1, -0.05) is 72.8 Å². The van der Waals surface area contributed by atoms with E-state index < -0.39 is 0 Å². The van der Waals surface area contributed by atoms with Crippen LogP contribution < -0.4 is 0 Å². The summed E-state index contributed by atoms with van der Waals surface area (Å²) in [5.74, 6) is 0. The Morgan fingerprint density at radius 1 is 0.517 bits per heavy atom. The molecule has 5 rings (SSSR count). The van der Waals surface area contributed by atoms with Crippen LogP contribution in [-0.2, 0) is 10.9 Å². The Morgan fingerprint density at radius 3 is 1.34 bits per heavy atom. The number of rotatable bonds is 2. The number of hydrogen-bond donors (Lipinski definition) is 0. The van der Waals surface area contributed by atoms with Gasteiger partial charge in [-0.3, -0.25) is 0 Å². The zero-order valence-electron chi connectivity index (χ0n) is 15.2. The van der Waals surface area contributed by atoms with Gasteiger partial charge in [0.2, 0.25) is 0 Å². The summed E-state index contributed by atoms with van der Waals surface area (Å²) < 4.78 is 0. The van der Waals surface area contributed by atoms with Gasteiger partial charge in [0.05, 0.1) is 22.8 Å². The molecule has 0 fully saturated rings. The van der Waals surface area contributed by atoms with Gasteiger partial charge in [0, 0.05) is 16.5 Å². The van der Waals surface area contributed by atoms with E-state index >= 15 is 0 Å². The second-order valence-electron chi connectivity index (χ2n) is 6.35. The van der Waals surface area contributed by atoms with Gasteiger partial charge >= 0.3 is 39.3 Å². The number of para-hydroxylation sites is 2. The largest absolute Gasteiger partial charge is 0.246 e. The van der Waals surface area contributed by atoms with Gasteiger partial charge in [-0.25, -0.2) is 9.98 Å². The van der Waals surface area contributed by atoms with Crippen molar-refractivity contribution in [1.82, 2.24) is 0 Å². The fraction of sp³-hybridized carbons (Fsp3) is 0. The molecule has 0 heterocycles. The molecule has 4 aromatic carbocycles. The second-order valence-corrected chi connectivity index (χ2v) is 11.3. The van der Waals surface area contributed by atoms with E-state index in [-0.39, 0.29) is 0 Å². The second kappa shape index (κ2) is 9.62. The normalized spacial score (nSPS) is 15.0. The van der Waals surface area contributed by atoms with Crippen molar-refractivity contribution in [2.24, 2.45) is 9.98 Å². The van der Waals surface area contributed by atoms with Gasteiger partial charge in [0.15, 0.2) is 0 Å². The molecule has 0 radical (unpaired) electrons. The van der Waals surface area contributed by atoms with E-state index in [9.17, 15) is 0 Å². The first-order valence-corrected chi connectivity index (χ1v) is 13.8. The molecular formula is C24H16Br2N2Ni. The van der Waals surface area contributed by atoms with Gasteiger partial charge in [-0.2, -0.15) is 0 Å². The summed E-state index contributed by atoms with van der Waals surface area (Å²) in [5, 5.41) is 2.46. The van der Waals surface area contributed by atoms with E-state index in [4.69, 9.17) is 9.98 Å². The third-order valence-electron chi connectivity index (χ3n) is 4.63. The van der Waals surface area contributed by atoms with Crippen LogP contribution in [0.15, 0.2) is 107 Å². The first kappa shape index (κ1) is 20.2. The summed E-state index contributed by atoms with van der Waals surface area (Å²) in [6.45, 7) is 0. The summed E-state index contributed by atoms with van der Waals surface area (Å²) in [4.78, 5) is 9.92. The van der Waals surface area contributed by atoms with Crippen LogP contribution in [0, 0.1) is 0 Å². The molecule has 29 heavy (non-hydrogen) atoms. The van der Waals surface area contributed by atoms with Crippen LogP contribution >= 0.6 is 28.5 Å². The predicted molar refractivity (Wildman–Crippen MR) is 127 cm³/mol. The fourth-order valence-electron chi connectivity index (χ4n) is 3.48. The molecule has 146 valence electrons. The Hall–Kier alpha value is -2.07. The summed E-state index contributed by atoms with van der Waals surface area (Å²) in [5.41, 5.74) is 6.05.